The largest absolute Gasteiger partial charge is 0.462 e. The first kappa shape index (κ1) is 23.1. The highest BCUT2D eigenvalue weighted by Crippen LogP contribution is 2.42. The Balaban J connectivity index is 2.76. The summed E-state index contributed by atoms with van der Waals surface area (Å²) in [5.74, 6) is -2.92. The van der Waals surface area contributed by atoms with Gasteiger partial charge in [-0.15, -0.1) is 0 Å². The fourth-order valence-electron chi connectivity index (χ4n) is 3.87. The Bertz CT molecular complexity index is 440. The Morgan fingerprint density at radius 2 is 1.35 bits per heavy atom. The fourth-order valence-corrected chi connectivity index (χ4v) is 3.87. The molecule has 0 heterocycles. The summed E-state index contributed by atoms with van der Waals surface area (Å²) in [5.41, 5.74) is -0.136. The molecule has 3 atom stereocenters. The molecule has 0 aromatic carbocycles. The van der Waals surface area contributed by atoms with Crippen molar-refractivity contribution >= 4 is 5.97 Å². The minimum absolute atomic E-state index is 0.0398. The highest BCUT2D eigenvalue weighted by Gasteiger charge is 2.42. The molecule has 0 aliphatic heterocycles. The van der Waals surface area contributed by atoms with Gasteiger partial charge in [0.2, 0.25) is 0 Å². The number of carbonyl (C=O) groups excluding carboxylic acids is 1. The van der Waals surface area contributed by atoms with E-state index in [4.69, 9.17) is 4.74 Å². The zero-order chi connectivity index (χ0) is 20.3. The quantitative estimate of drug-likeness (QED) is 0.407. The van der Waals surface area contributed by atoms with Crippen LogP contribution >= 0.6 is 0 Å². The minimum atomic E-state index is -4.45. The number of ether oxygens (including phenoxy) is 1. The van der Waals surface area contributed by atoms with Crippen LogP contribution in [-0.2, 0) is 9.53 Å². The minimum Gasteiger partial charge on any atom is -0.462 e. The van der Waals surface area contributed by atoms with E-state index in [-0.39, 0.29) is 24.7 Å². The fraction of sp³-hybridized carbons (Fsp3) is 0.944. The van der Waals surface area contributed by atoms with Gasteiger partial charge >= 0.3 is 18.3 Å². The van der Waals surface area contributed by atoms with Crippen molar-refractivity contribution in [1.82, 2.24) is 0 Å². The smallest absolute Gasteiger partial charge is 0.389 e. The highest BCUT2D eigenvalue weighted by atomic mass is 19.4. The van der Waals surface area contributed by atoms with Gasteiger partial charge in [0, 0.05) is 12.8 Å². The average molecular weight is 390 g/mol. The third kappa shape index (κ3) is 9.67. The summed E-state index contributed by atoms with van der Waals surface area (Å²) in [5, 5.41) is 0. The van der Waals surface area contributed by atoms with Crippen LogP contribution in [0, 0.1) is 23.2 Å². The van der Waals surface area contributed by atoms with Crippen LogP contribution in [0.5, 0.6) is 0 Å². The van der Waals surface area contributed by atoms with E-state index < -0.39 is 55.0 Å². The van der Waals surface area contributed by atoms with Gasteiger partial charge in [0.15, 0.2) is 0 Å². The van der Waals surface area contributed by atoms with Crippen LogP contribution in [0.2, 0.25) is 0 Å². The molecule has 0 bridgehead atoms. The summed E-state index contributed by atoms with van der Waals surface area (Å²) < 4.78 is 81.4. The van der Waals surface area contributed by atoms with E-state index in [1.807, 2.05) is 20.8 Å². The van der Waals surface area contributed by atoms with Crippen LogP contribution in [0.15, 0.2) is 0 Å². The van der Waals surface area contributed by atoms with E-state index in [1.165, 1.54) is 0 Å². The van der Waals surface area contributed by atoms with E-state index in [1.54, 1.807) is 6.92 Å². The first-order valence-corrected chi connectivity index (χ1v) is 8.88. The number of halogens is 6. The number of hydrogen-bond acceptors (Lipinski definition) is 2. The van der Waals surface area contributed by atoms with E-state index in [9.17, 15) is 31.1 Å². The van der Waals surface area contributed by atoms with Gasteiger partial charge in [-0.1, -0.05) is 27.7 Å². The summed E-state index contributed by atoms with van der Waals surface area (Å²) >= 11 is 0. The molecule has 0 amide bonds. The Kier molecular flexibility index (Phi) is 7.44. The van der Waals surface area contributed by atoms with E-state index in [2.05, 4.69) is 0 Å². The van der Waals surface area contributed by atoms with Gasteiger partial charge in [0.05, 0.1) is 5.92 Å². The van der Waals surface area contributed by atoms with Crippen molar-refractivity contribution in [2.75, 3.05) is 0 Å². The summed E-state index contributed by atoms with van der Waals surface area (Å²) in [7, 11) is 0. The third-order valence-corrected chi connectivity index (χ3v) is 4.50. The molecule has 1 rings (SSSR count). The normalized spacial score (nSPS) is 26.5. The second kappa shape index (κ2) is 8.38. The maximum absolute atomic E-state index is 12.7. The van der Waals surface area contributed by atoms with Crippen LogP contribution in [0.4, 0.5) is 26.3 Å². The van der Waals surface area contributed by atoms with Crippen LogP contribution in [0.3, 0.4) is 0 Å². The maximum atomic E-state index is 12.7. The molecule has 0 saturated heterocycles. The SMILES string of the molecule is CC(CC(C)(C)C)C(=O)OC1CC(CC(F)(F)F)CC(CC(F)(F)F)C1. The lowest BCUT2D eigenvalue weighted by Gasteiger charge is -2.36. The molecule has 1 saturated carbocycles. The zero-order valence-electron chi connectivity index (χ0n) is 15.6. The molecule has 0 N–H and O–H groups in total. The van der Waals surface area contributed by atoms with Crippen molar-refractivity contribution in [3.63, 3.8) is 0 Å². The third-order valence-electron chi connectivity index (χ3n) is 4.50. The number of alkyl halides is 6. The van der Waals surface area contributed by atoms with Gasteiger partial charge in [-0.3, -0.25) is 4.79 Å². The standard InChI is InChI=1S/C18H28F6O2/c1-11(8-16(2,3)4)15(25)26-14-6-12(9-17(19,20)21)5-13(7-14)10-18(22,23)24/h11-14H,5-10H2,1-4H3. The lowest BCUT2D eigenvalue weighted by molar-refractivity contribution is -0.172. The van der Waals surface area contributed by atoms with Gasteiger partial charge in [-0.2, -0.15) is 26.3 Å². The van der Waals surface area contributed by atoms with Crippen molar-refractivity contribution in [2.45, 2.75) is 84.7 Å². The Hall–Kier alpha value is -0.950. The number of esters is 1. The van der Waals surface area contributed by atoms with Crippen LogP contribution < -0.4 is 0 Å². The van der Waals surface area contributed by atoms with Crippen molar-refractivity contribution < 1.29 is 35.9 Å². The van der Waals surface area contributed by atoms with Gasteiger partial charge in [-0.05, 0) is 42.9 Å². The summed E-state index contributed by atoms with van der Waals surface area (Å²) in [6.07, 6.45) is -11.8. The summed E-state index contributed by atoms with van der Waals surface area (Å²) in [4.78, 5) is 12.2. The molecule has 1 aliphatic rings. The molecule has 154 valence electrons. The monoisotopic (exact) mass is 390 g/mol. The van der Waals surface area contributed by atoms with Crippen LogP contribution in [0.25, 0.3) is 0 Å². The molecule has 0 spiro atoms. The maximum Gasteiger partial charge on any atom is 0.389 e. The molecule has 1 fully saturated rings. The number of carbonyl (C=O) groups is 1. The predicted octanol–water partition coefficient (Wildman–Crippen LogP) is 6.29. The van der Waals surface area contributed by atoms with Gasteiger partial charge < -0.3 is 4.74 Å². The first-order chi connectivity index (χ1) is 11.5. The molecule has 0 aromatic heterocycles. The van der Waals surface area contributed by atoms with Crippen molar-refractivity contribution in [2.24, 2.45) is 23.2 Å². The summed E-state index contributed by atoms with van der Waals surface area (Å²) in [6, 6.07) is 0. The molecule has 8 heteroatoms. The molecule has 3 unspecified atom stereocenters. The first-order valence-electron chi connectivity index (χ1n) is 8.88. The van der Waals surface area contributed by atoms with Gasteiger partial charge in [-0.25, -0.2) is 0 Å². The van der Waals surface area contributed by atoms with Crippen LogP contribution in [0.1, 0.15) is 66.2 Å². The Morgan fingerprint density at radius 1 is 0.923 bits per heavy atom. The van der Waals surface area contributed by atoms with E-state index in [0.717, 1.165) is 0 Å². The molecule has 2 nitrogen and oxygen atoms in total. The van der Waals surface area contributed by atoms with Crippen molar-refractivity contribution in [3.8, 4) is 0 Å². The average Bonchev–Trinajstić information content (AvgIpc) is 2.31. The summed E-state index contributed by atoms with van der Waals surface area (Å²) in [6.45, 7) is 7.49. The van der Waals surface area contributed by atoms with Gasteiger partial charge in [0.25, 0.3) is 0 Å². The molecular weight excluding hydrogens is 362 g/mol. The lowest BCUT2D eigenvalue weighted by Crippen LogP contribution is -2.35. The Labute approximate surface area is 150 Å². The number of hydrogen-bond donors (Lipinski definition) is 0. The molecular formula is C18H28F6O2. The van der Waals surface area contributed by atoms with E-state index >= 15 is 0 Å². The molecule has 1 aliphatic carbocycles. The van der Waals surface area contributed by atoms with Crippen LogP contribution in [-0.4, -0.2) is 24.4 Å². The highest BCUT2D eigenvalue weighted by molar-refractivity contribution is 5.72. The van der Waals surface area contributed by atoms with Crippen molar-refractivity contribution in [1.29, 1.82) is 0 Å². The van der Waals surface area contributed by atoms with E-state index in [0.29, 0.717) is 6.42 Å². The predicted molar refractivity (Wildman–Crippen MR) is 85.3 cm³/mol. The number of rotatable bonds is 5. The second-order valence-electron chi connectivity index (χ2n) is 8.80. The zero-order valence-corrected chi connectivity index (χ0v) is 15.6. The second-order valence-corrected chi connectivity index (χ2v) is 8.80. The molecule has 26 heavy (non-hydrogen) atoms. The van der Waals surface area contributed by atoms with Gasteiger partial charge in [0.1, 0.15) is 6.10 Å². The molecule has 0 aromatic rings. The topological polar surface area (TPSA) is 26.3 Å². The Morgan fingerprint density at radius 3 is 1.69 bits per heavy atom. The van der Waals surface area contributed by atoms with Crippen molar-refractivity contribution in [3.05, 3.63) is 0 Å². The molecule has 0 radical (unpaired) electrons. The lowest BCUT2D eigenvalue weighted by atomic mass is 9.76.